The van der Waals surface area contributed by atoms with Gasteiger partial charge in [0.2, 0.25) is 0 Å². The number of carboxylic acids is 2. The lowest BCUT2D eigenvalue weighted by molar-refractivity contribution is -0.159. The van der Waals surface area contributed by atoms with Gasteiger partial charge < -0.3 is 15.1 Å². The lowest BCUT2D eigenvalue weighted by Gasteiger charge is -2.21. The van der Waals surface area contributed by atoms with Crippen LogP contribution >= 0.6 is 23.5 Å². The van der Waals surface area contributed by atoms with Gasteiger partial charge in [0.25, 0.3) is 0 Å². The van der Waals surface area contributed by atoms with Crippen molar-refractivity contribution in [3.8, 4) is 0 Å². The maximum atomic E-state index is 12.2. The molecule has 0 amide bonds. The van der Waals surface area contributed by atoms with E-state index < -0.39 is 24.5 Å². The number of nitrogens with zero attached hydrogens (tertiary/aromatic N) is 3. The van der Waals surface area contributed by atoms with E-state index in [1.807, 2.05) is 0 Å². The number of alkyl halides is 3. The van der Waals surface area contributed by atoms with Crippen LogP contribution in [0.25, 0.3) is 0 Å². The summed E-state index contributed by atoms with van der Waals surface area (Å²) in [7, 11) is 0. The van der Waals surface area contributed by atoms with Crippen LogP contribution in [-0.4, -0.2) is 67.4 Å². The van der Waals surface area contributed by atoms with Crippen molar-refractivity contribution in [2.24, 2.45) is 5.92 Å². The van der Waals surface area contributed by atoms with Crippen LogP contribution in [0.3, 0.4) is 0 Å². The molecule has 1 aromatic heterocycles. The van der Waals surface area contributed by atoms with Gasteiger partial charge in [0.05, 0.1) is 17.4 Å². The van der Waals surface area contributed by atoms with Crippen LogP contribution in [0, 0.1) is 5.92 Å². The highest BCUT2D eigenvalue weighted by Gasteiger charge is 2.39. The summed E-state index contributed by atoms with van der Waals surface area (Å²) in [6.45, 7) is 3.34. The van der Waals surface area contributed by atoms with E-state index in [1.165, 1.54) is 42.9 Å². The molecule has 0 aromatic carbocycles. The zero-order valence-corrected chi connectivity index (χ0v) is 15.9. The first-order chi connectivity index (χ1) is 12.7. The summed E-state index contributed by atoms with van der Waals surface area (Å²) < 4.78 is 45.2. The van der Waals surface area contributed by atoms with Crippen LogP contribution in [0.1, 0.15) is 37.3 Å². The Labute approximate surface area is 162 Å². The van der Waals surface area contributed by atoms with Crippen LogP contribution in [0.4, 0.5) is 13.2 Å². The number of fused-ring (bicyclic) bond motifs is 2. The number of halogens is 3. The summed E-state index contributed by atoms with van der Waals surface area (Å²) >= 11 is 2.62. The fraction of sp³-hybridized carbons (Fsp3) is 0.733. The smallest absolute Gasteiger partial charge is 0.414 e. The number of thioether (sulfide) groups is 1. The first-order valence-electron chi connectivity index (χ1n) is 8.38. The highest BCUT2D eigenvalue weighted by atomic mass is 32.2. The maximum absolute atomic E-state index is 12.2. The Hall–Kier alpha value is -1.40. The molecule has 1 aromatic rings. The van der Waals surface area contributed by atoms with E-state index >= 15 is 0 Å². The van der Waals surface area contributed by atoms with Crippen molar-refractivity contribution in [1.82, 2.24) is 13.6 Å². The first kappa shape index (κ1) is 21.9. The average molecular weight is 427 g/mol. The van der Waals surface area contributed by atoms with Crippen LogP contribution in [-0.2, 0) is 9.59 Å². The van der Waals surface area contributed by atoms with Gasteiger partial charge in [-0.3, -0.25) is 0 Å². The van der Waals surface area contributed by atoms with Gasteiger partial charge in [0.15, 0.2) is 0 Å². The molecule has 0 saturated carbocycles. The van der Waals surface area contributed by atoms with Crippen molar-refractivity contribution in [2.75, 3.05) is 25.4 Å². The molecule has 0 radical (unpaired) electrons. The fourth-order valence-corrected chi connectivity index (χ4v) is 4.99. The molecule has 7 nitrogen and oxygen atoms in total. The molecule has 2 bridgehead atoms. The van der Waals surface area contributed by atoms with Crippen molar-refractivity contribution >= 4 is 35.4 Å². The molecule has 2 N–H and O–H groups in total. The lowest BCUT2D eigenvalue weighted by atomic mass is 9.89. The van der Waals surface area contributed by atoms with Gasteiger partial charge in [-0.2, -0.15) is 21.9 Å². The second-order valence-corrected chi connectivity index (χ2v) is 8.01. The minimum Gasteiger partial charge on any atom is -0.473 e. The molecule has 0 aliphatic carbocycles. The van der Waals surface area contributed by atoms with Gasteiger partial charge >= 0.3 is 18.1 Å². The third-order valence-corrected chi connectivity index (χ3v) is 6.15. The number of carboxylic acid groups (broad SMARTS) is 2. The summed E-state index contributed by atoms with van der Waals surface area (Å²) in [5.41, 5.74) is 1.03. The standard InChI is InChI=1S/C13H18F3N3S2.C2H2O4/c14-13(15,16)4-2-6-20-12-11(17-21-18-12)10-8-19-5-1-3-9(10)7-19;3-1(4)2(5)6/h9-10H,1-8H2;(H,3,4)(H,5,6)/t9-,10-;/m0./s1. The van der Waals surface area contributed by atoms with E-state index in [4.69, 9.17) is 19.8 Å². The third kappa shape index (κ3) is 6.92. The normalized spacial score (nSPS) is 24.2. The van der Waals surface area contributed by atoms with Crippen LogP contribution in [0.5, 0.6) is 0 Å². The lowest BCUT2D eigenvalue weighted by Crippen LogP contribution is -2.25. The van der Waals surface area contributed by atoms with E-state index in [1.54, 1.807) is 0 Å². The molecule has 0 spiro atoms. The fourth-order valence-electron chi connectivity index (χ4n) is 3.28. The minimum absolute atomic E-state index is 0.144. The Balaban J connectivity index is 0.000000380. The molecule has 2 saturated heterocycles. The molecule has 3 atom stereocenters. The number of carbonyl (C=O) groups is 2. The number of rotatable bonds is 5. The van der Waals surface area contributed by atoms with Gasteiger partial charge in [0.1, 0.15) is 5.03 Å². The number of hydrogen-bond donors (Lipinski definition) is 2. The summed E-state index contributed by atoms with van der Waals surface area (Å²) in [6.07, 6.45) is -2.15. The van der Waals surface area contributed by atoms with Gasteiger partial charge in [-0.05, 0) is 37.5 Å². The molecule has 3 rings (SSSR count). The minimum atomic E-state index is -4.06. The molecule has 12 heteroatoms. The summed E-state index contributed by atoms with van der Waals surface area (Å²) in [6, 6.07) is 0. The zero-order valence-electron chi connectivity index (χ0n) is 14.3. The van der Waals surface area contributed by atoms with Crippen LogP contribution < -0.4 is 0 Å². The molecule has 2 aliphatic rings. The molecule has 1 unspecified atom stereocenters. The Bertz CT molecular complexity index is 644. The van der Waals surface area contributed by atoms with Crippen molar-refractivity contribution in [2.45, 2.75) is 42.8 Å². The SMILES string of the molecule is FC(F)(F)CCCSc1nsnc1[C@H]1CN2CCC[C@H]1C2.O=C(O)C(=O)O. The molecule has 3 heterocycles. The van der Waals surface area contributed by atoms with Crippen LogP contribution in [0.15, 0.2) is 5.03 Å². The molecule has 2 fully saturated rings. The average Bonchev–Trinajstić information content (AvgIpc) is 3.15. The third-order valence-electron chi connectivity index (χ3n) is 4.43. The zero-order chi connectivity index (χ0) is 20.0. The quantitative estimate of drug-likeness (QED) is 0.420. The van der Waals surface area contributed by atoms with E-state index in [0.717, 1.165) is 23.8 Å². The predicted octanol–water partition coefficient (Wildman–Crippen LogP) is 2.94. The van der Waals surface area contributed by atoms with Crippen molar-refractivity contribution in [1.29, 1.82) is 0 Å². The van der Waals surface area contributed by atoms with E-state index in [2.05, 4.69) is 13.6 Å². The maximum Gasteiger partial charge on any atom is 0.414 e. The summed E-state index contributed by atoms with van der Waals surface area (Å²) in [5.74, 6) is -2.11. The molecular weight excluding hydrogens is 407 g/mol. The van der Waals surface area contributed by atoms with Gasteiger partial charge in [-0.15, -0.1) is 11.8 Å². The van der Waals surface area contributed by atoms with E-state index in [0.29, 0.717) is 17.6 Å². The molecule has 27 heavy (non-hydrogen) atoms. The summed E-state index contributed by atoms with van der Waals surface area (Å²) in [5, 5.41) is 15.6. The first-order valence-corrected chi connectivity index (χ1v) is 10.1. The van der Waals surface area contributed by atoms with Gasteiger partial charge in [-0.1, -0.05) is 0 Å². The largest absolute Gasteiger partial charge is 0.473 e. The van der Waals surface area contributed by atoms with Crippen molar-refractivity contribution in [3.63, 3.8) is 0 Å². The van der Waals surface area contributed by atoms with Crippen molar-refractivity contribution in [3.05, 3.63) is 5.69 Å². The van der Waals surface area contributed by atoms with Gasteiger partial charge in [0, 0.05) is 25.4 Å². The molecule has 2 aliphatic heterocycles. The number of hydrogen-bond acceptors (Lipinski definition) is 7. The van der Waals surface area contributed by atoms with Gasteiger partial charge in [-0.25, -0.2) is 9.59 Å². The Morgan fingerprint density at radius 3 is 2.52 bits per heavy atom. The highest BCUT2D eigenvalue weighted by Crippen LogP contribution is 2.41. The predicted molar refractivity (Wildman–Crippen MR) is 93.1 cm³/mol. The summed E-state index contributed by atoms with van der Waals surface area (Å²) in [4.78, 5) is 20.7. The second-order valence-electron chi connectivity index (χ2n) is 6.40. The topological polar surface area (TPSA) is 104 Å². The number of aromatic nitrogens is 2. The molecular formula is C15H20F3N3O4S2. The Morgan fingerprint density at radius 1 is 1.22 bits per heavy atom. The Morgan fingerprint density at radius 2 is 1.93 bits per heavy atom. The highest BCUT2D eigenvalue weighted by molar-refractivity contribution is 7.99. The van der Waals surface area contributed by atoms with E-state index in [-0.39, 0.29) is 6.42 Å². The van der Waals surface area contributed by atoms with Crippen molar-refractivity contribution < 1.29 is 33.0 Å². The van der Waals surface area contributed by atoms with E-state index in [9.17, 15) is 13.2 Å². The second kappa shape index (κ2) is 9.69. The molecule has 152 valence electrons. The monoisotopic (exact) mass is 427 g/mol. The number of aliphatic carboxylic acids is 2. The number of piperidine rings is 1. The van der Waals surface area contributed by atoms with Crippen LogP contribution in [0.2, 0.25) is 0 Å². The Kier molecular flexibility index (Phi) is 7.86.